The quantitative estimate of drug-likeness (QED) is 0.176. The van der Waals surface area contributed by atoms with Crippen LogP contribution in [0.3, 0.4) is 0 Å². The molecule has 0 atom stereocenters. The van der Waals surface area contributed by atoms with E-state index in [4.69, 9.17) is 0 Å². The molecule has 166 valence electrons. The number of amides is 2. The number of nitrogens with one attached hydrogen (secondary N) is 2. The van der Waals surface area contributed by atoms with Crippen LogP contribution in [0.4, 0.5) is 8.78 Å². The summed E-state index contributed by atoms with van der Waals surface area (Å²) in [6, 6.07) is 10.1. The van der Waals surface area contributed by atoms with Crippen LogP contribution < -0.4 is 10.6 Å². The van der Waals surface area contributed by atoms with Gasteiger partial charge in [0.15, 0.2) is 5.96 Å². The molecule has 2 N–H and O–H groups in total. The number of unbranched alkanes of at least 4 members (excludes halogenated alkanes) is 1. The van der Waals surface area contributed by atoms with Crippen molar-refractivity contribution in [2.24, 2.45) is 4.99 Å². The van der Waals surface area contributed by atoms with Crippen molar-refractivity contribution in [2.75, 3.05) is 19.6 Å². The van der Waals surface area contributed by atoms with Gasteiger partial charge in [0, 0.05) is 25.2 Å². The Morgan fingerprint density at radius 2 is 1.68 bits per heavy atom. The summed E-state index contributed by atoms with van der Waals surface area (Å²) in [5, 5.41) is 6.17. The average Bonchev–Trinajstić information content (AvgIpc) is 2.98. The minimum absolute atomic E-state index is 0. The molecule has 6 nitrogen and oxygen atoms in total. The smallest absolute Gasteiger partial charge is 0.261 e. The predicted octanol–water partition coefficient (Wildman–Crippen LogP) is 3.71. The standard InChI is InChI=1S/C22H24F2N4O2.HI/c1-2-25-22(27-14-15-13-16(23)9-10-19(15)24)26-11-5-6-12-28-20(29)17-7-3-4-8-18(17)21(28)30;/h3-4,7-10,13H,2,5-6,11-12,14H2,1H3,(H2,25,26,27);1H. The van der Waals surface area contributed by atoms with Crippen LogP contribution >= 0.6 is 24.0 Å². The molecule has 0 saturated carbocycles. The molecule has 0 saturated heterocycles. The summed E-state index contributed by atoms with van der Waals surface area (Å²) in [6.45, 7) is 3.43. The SMILES string of the molecule is CCNC(=NCc1cc(F)ccc1F)NCCCCN1C(=O)c2ccccc2C1=O.I. The number of aliphatic imine (C=N–C) groups is 1. The van der Waals surface area contributed by atoms with Crippen LogP contribution in [0, 0.1) is 11.6 Å². The van der Waals surface area contributed by atoms with Gasteiger partial charge in [0.05, 0.1) is 17.7 Å². The Morgan fingerprint density at radius 3 is 2.32 bits per heavy atom. The van der Waals surface area contributed by atoms with Gasteiger partial charge in [-0.2, -0.15) is 0 Å². The number of hydrogen-bond donors (Lipinski definition) is 2. The number of nitrogens with zero attached hydrogens (tertiary/aromatic N) is 2. The Balaban J connectivity index is 0.00000341. The van der Waals surface area contributed by atoms with Gasteiger partial charge in [-0.3, -0.25) is 14.5 Å². The molecule has 2 amide bonds. The van der Waals surface area contributed by atoms with Crippen molar-refractivity contribution in [3.8, 4) is 0 Å². The average molecular weight is 542 g/mol. The van der Waals surface area contributed by atoms with Gasteiger partial charge in [0.1, 0.15) is 11.6 Å². The molecule has 1 heterocycles. The molecule has 1 aliphatic heterocycles. The van der Waals surface area contributed by atoms with Gasteiger partial charge in [-0.15, -0.1) is 24.0 Å². The lowest BCUT2D eigenvalue weighted by Crippen LogP contribution is -2.38. The maximum absolute atomic E-state index is 13.7. The van der Waals surface area contributed by atoms with Crippen LogP contribution in [0.25, 0.3) is 0 Å². The molecule has 0 unspecified atom stereocenters. The summed E-state index contributed by atoms with van der Waals surface area (Å²) >= 11 is 0. The minimum Gasteiger partial charge on any atom is -0.357 e. The summed E-state index contributed by atoms with van der Waals surface area (Å²) < 4.78 is 27.0. The highest BCUT2D eigenvalue weighted by Gasteiger charge is 2.34. The number of benzene rings is 2. The first-order valence-electron chi connectivity index (χ1n) is 9.92. The third-order valence-electron chi connectivity index (χ3n) is 4.74. The Hall–Kier alpha value is -2.56. The fourth-order valence-corrected chi connectivity index (χ4v) is 3.21. The first-order chi connectivity index (χ1) is 14.5. The molecule has 0 bridgehead atoms. The molecule has 31 heavy (non-hydrogen) atoms. The summed E-state index contributed by atoms with van der Waals surface area (Å²) in [4.78, 5) is 30.2. The Labute approximate surface area is 197 Å². The van der Waals surface area contributed by atoms with Gasteiger partial charge in [0.25, 0.3) is 11.8 Å². The zero-order valence-electron chi connectivity index (χ0n) is 17.2. The summed E-state index contributed by atoms with van der Waals surface area (Å²) in [7, 11) is 0. The van der Waals surface area contributed by atoms with Gasteiger partial charge in [-0.25, -0.2) is 13.8 Å². The van der Waals surface area contributed by atoms with Crippen LogP contribution in [0.1, 0.15) is 46.0 Å². The molecule has 9 heteroatoms. The monoisotopic (exact) mass is 542 g/mol. The molecule has 2 aromatic carbocycles. The van der Waals surface area contributed by atoms with Gasteiger partial charge in [0.2, 0.25) is 0 Å². The first-order valence-corrected chi connectivity index (χ1v) is 9.92. The Morgan fingerprint density at radius 1 is 1.00 bits per heavy atom. The lowest BCUT2D eigenvalue weighted by atomic mass is 10.1. The summed E-state index contributed by atoms with van der Waals surface area (Å²) in [6.07, 6.45) is 1.34. The van der Waals surface area contributed by atoms with E-state index in [-0.39, 0.29) is 47.9 Å². The van der Waals surface area contributed by atoms with E-state index >= 15 is 0 Å². The maximum atomic E-state index is 13.7. The zero-order valence-corrected chi connectivity index (χ0v) is 19.5. The number of carbonyl (C=O) groups excluding carboxylic acids is 2. The molecule has 0 spiro atoms. The molecule has 2 aromatic rings. The summed E-state index contributed by atoms with van der Waals surface area (Å²) in [5.41, 5.74) is 1.08. The highest BCUT2D eigenvalue weighted by Crippen LogP contribution is 2.22. The van der Waals surface area contributed by atoms with Gasteiger partial charge in [-0.1, -0.05) is 12.1 Å². The molecule has 0 fully saturated rings. The molecular weight excluding hydrogens is 517 g/mol. The topological polar surface area (TPSA) is 73.8 Å². The van der Waals surface area contributed by atoms with Crippen LogP contribution in [0.15, 0.2) is 47.5 Å². The van der Waals surface area contributed by atoms with Gasteiger partial charge in [-0.05, 0) is 50.1 Å². The van der Waals surface area contributed by atoms with Crippen molar-refractivity contribution in [1.29, 1.82) is 0 Å². The largest absolute Gasteiger partial charge is 0.357 e. The molecule has 0 aliphatic carbocycles. The molecular formula is C22H25F2IN4O2. The number of halogens is 3. The van der Waals surface area contributed by atoms with E-state index in [1.165, 1.54) is 4.90 Å². The number of carbonyl (C=O) groups is 2. The van der Waals surface area contributed by atoms with Crippen molar-refractivity contribution in [3.63, 3.8) is 0 Å². The normalized spacial score (nSPS) is 13.1. The maximum Gasteiger partial charge on any atom is 0.261 e. The number of hydrogen-bond acceptors (Lipinski definition) is 3. The van der Waals surface area contributed by atoms with E-state index in [2.05, 4.69) is 15.6 Å². The predicted molar refractivity (Wildman–Crippen MR) is 126 cm³/mol. The second-order valence-electron chi connectivity index (χ2n) is 6.87. The van der Waals surface area contributed by atoms with Crippen molar-refractivity contribution < 1.29 is 18.4 Å². The van der Waals surface area contributed by atoms with E-state index in [0.29, 0.717) is 49.6 Å². The molecule has 1 aliphatic rings. The highest BCUT2D eigenvalue weighted by atomic mass is 127. The fourth-order valence-electron chi connectivity index (χ4n) is 3.21. The lowest BCUT2D eigenvalue weighted by molar-refractivity contribution is 0.0652. The number of imide groups is 1. The van der Waals surface area contributed by atoms with Crippen molar-refractivity contribution in [2.45, 2.75) is 26.3 Å². The van der Waals surface area contributed by atoms with Gasteiger partial charge < -0.3 is 10.6 Å². The lowest BCUT2D eigenvalue weighted by Gasteiger charge is -2.15. The third-order valence-corrected chi connectivity index (χ3v) is 4.74. The van der Waals surface area contributed by atoms with E-state index in [1.807, 2.05) is 6.92 Å². The van der Waals surface area contributed by atoms with Crippen LogP contribution in [-0.2, 0) is 6.54 Å². The molecule has 0 radical (unpaired) electrons. The van der Waals surface area contributed by atoms with E-state index in [9.17, 15) is 18.4 Å². The van der Waals surface area contributed by atoms with Crippen LogP contribution in [0.5, 0.6) is 0 Å². The van der Waals surface area contributed by atoms with Crippen molar-refractivity contribution in [3.05, 3.63) is 70.8 Å². The molecule has 3 rings (SSSR count). The van der Waals surface area contributed by atoms with E-state index in [1.54, 1.807) is 24.3 Å². The fraction of sp³-hybridized carbons (Fsp3) is 0.318. The van der Waals surface area contributed by atoms with Crippen LogP contribution in [0.2, 0.25) is 0 Å². The minimum atomic E-state index is -0.507. The van der Waals surface area contributed by atoms with Gasteiger partial charge >= 0.3 is 0 Å². The first kappa shape index (κ1) is 24.7. The number of rotatable bonds is 8. The molecule has 0 aromatic heterocycles. The van der Waals surface area contributed by atoms with E-state index in [0.717, 1.165) is 18.2 Å². The van der Waals surface area contributed by atoms with Crippen molar-refractivity contribution >= 4 is 41.8 Å². The Bertz CT molecular complexity index is 933. The van der Waals surface area contributed by atoms with E-state index < -0.39 is 11.6 Å². The van der Waals surface area contributed by atoms with Crippen LogP contribution in [-0.4, -0.2) is 42.3 Å². The second kappa shape index (κ2) is 11.7. The number of guanidine groups is 1. The third kappa shape index (κ3) is 6.22. The summed E-state index contributed by atoms with van der Waals surface area (Å²) in [5.74, 6) is -1.03. The van der Waals surface area contributed by atoms with Crippen molar-refractivity contribution in [1.82, 2.24) is 15.5 Å². The number of fused-ring (bicyclic) bond motifs is 1. The highest BCUT2D eigenvalue weighted by molar-refractivity contribution is 14.0. The zero-order chi connectivity index (χ0) is 21.5. The second-order valence-corrected chi connectivity index (χ2v) is 6.87. The Kier molecular flexibility index (Phi) is 9.35.